The molecule has 0 aliphatic carbocycles. The monoisotopic (exact) mass is 1090 g/mol. The van der Waals surface area contributed by atoms with Crippen LogP contribution in [0.25, 0.3) is 0 Å². The highest BCUT2D eigenvalue weighted by atomic mass is 16.7. The third-order valence-electron chi connectivity index (χ3n) is 13.6. The number of allylic oxidation sites excluding steroid dienone is 16. The van der Waals surface area contributed by atoms with Crippen LogP contribution < -0.4 is 0 Å². The highest BCUT2D eigenvalue weighted by Crippen LogP contribution is 2.17. The molecule has 0 amide bonds. The Bertz CT molecular complexity index is 1600. The van der Waals surface area contributed by atoms with Crippen molar-refractivity contribution in [1.29, 1.82) is 0 Å². The van der Waals surface area contributed by atoms with Gasteiger partial charge in [0.1, 0.15) is 13.2 Å². The number of unbranched alkanes of at least 4 members (excludes halogenated alkanes) is 27. The van der Waals surface area contributed by atoms with Crippen molar-refractivity contribution in [3.8, 4) is 0 Å². The van der Waals surface area contributed by atoms with Gasteiger partial charge >= 0.3 is 17.9 Å². The Balaban J connectivity index is 4.07. The Morgan fingerprint density at radius 3 is 1.09 bits per heavy atom. The highest BCUT2D eigenvalue weighted by molar-refractivity contribution is 5.71. The molecule has 0 saturated heterocycles. The fraction of sp³-hybridized carbons (Fsp3) is 0.725. The number of carbonyl (C=O) groups is 3. The first-order valence-electron chi connectivity index (χ1n) is 31.9. The summed E-state index contributed by atoms with van der Waals surface area (Å²) in [5, 5.41) is 9.70. The van der Waals surface area contributed by atoms with Crippen molar-refractivity contribution >= 4 is 17.9 Å². The van der Waals surface area contributed by atoms with Gasteiger partial charge in [0.15, 0.2) is 6.10 Å². The zero-order valence-electron chi connectivity index (χ0n) is 51.1. The van der Waals surface area contributed by atoms with E-state index >= 15 is 0 Å². The standard InChI is InChI=1S/C69H119NO8/c1-6-8-10-12-14-16-18-20-22-23-24-25-26-27-28-29-30-31-32-33-34-35-36-37-38-39-40-41-42-43-44-45-46-48-50-52-54-56-58-60-67(72)78-65(64-77-69(68(73)74)75-62-61-70(3,4)5)63-76-66(71)59-57-55-53-51-49-47-21-19-17-15-13-11-9-7-2/h8,10,14,16,20,22,24-25,27-28,30-31,33-34,36-37,65,69H,6-7,9,11-13,15,17-19,21,23,26,29,32,35,38-64H2,1-5H3/p+1/b10-8-,16-14-,22-20-,25-24-,28-27-,31-30-,34-33-,37-36-. The van der Waals surface area contributed by atoms with E-state index in [1.165, 1.54) is 148 Å². The van der Waals surface area contributed by atoms with Crippen molar-refractivity contribution in [2.75, 3.05) is 47.5 Å². The van der Waals surface area contributed by atoms with Crippen molar-refractivity contribution in [1.82, 2.24) is 0 Å². The van der Waals surface area contributed by atoms with Crippen LogP contribution in [0.3, 0.4) is 0 Å². The van der Waals surface area contributed by atoms with Gasteiger partial charge in [0.05, 0.1) is 34.4 Å². The van der Waals surface area contributed by atoms with Crippen molar-refractivity contribution in [2.24, 2.45) is 0 Å². The van der Waals surface area contributed by atoms with Gasteiger partial charge in [-0.05, 0) is 77.0 Å². The summed E-state index contributed by atoms with van der Waals surface area (Å²) in [6, 6.07) is 0. The second kappa shape index (κ2) is 59.3. The van der Waals surface area contributed by atoms with Crippen LogP contribution in [0.2, 0.25) is 0 Å². The molecule has 0 aromatic rings. The summed E-state index contributed by atoms with van der Waals surface area (Å²) < 4.78 is 22.9. The molecule has 9 nitrogen and oxygen atoms in total. The number of esters is 2. The van der Waals surface area contributed by atoms with Crippen molar-refractivity contribution in [3.63, 3.8) is 0 Å². The average Bonchev–Trinajstić information content (AvgIpc) is 3.41. The topological polar surface area (TPSA) is 108 Å². The fourth-order valence-electron chi connectivity index (χ4n) is 8.74. The van der Waals surface area contributed by atoms with Gasteiger partial charge in [0.2, 0.25) is 0 Å². The van der Waals surface area contributed by atoms with Crippen molar-refractivity contribution in [2.45, 2.75) is 277 Å². The van der Waals surface area contributed by atoms with Gasteiger partial charge in [-0.3, -0.25) is 9.59 Å². The van der Waals surface area contributed by atoms with Crippen LogP contribution in [0.1, 0.15) is 264 Å². The predicted molar refractivity (Wildman–Crippen MR) is 332 cm³/mol. The number of quaternary nitrogens is 1. The molecule has 0 aromatic carbocycles. The minimum atomic E-state index is -1.51. The van der Waals surface area contributed by atoms with Crippen LogP contribution in [0.4, 0.5) is 0 Å². The second-order valence-electron chi connectivity index (χ2n) is 22.3. The van der Waals surface area contributed by atoms with Gasteiger partial charge in [-0.2, -0.15) is 0 Å². The number of likely N-dealkylation sites (N-methyl/N-ethyl adjacent to an activating group) is 1. The van der Waals surface area contributed by atoms with E-state index in [0.29, 0.717) is 17.4 Å². The number of aliphatic carboxylic acids is 1. The van der Waals surface area contributed by atoms with E-state index in [2.05, 4.69) is 111 Å². The van der Waals surface area contributed by atoms with E-state index in [1.807, 2.05) is 21.1 Å². The second-order valence-corrected chi connectivity index (χ2v) is 22.3. The first-order valence-corrected chi connectivity index (χ1v) is 31.9. The molecule has 78 heavy (non-hydrogen) atoms. The Kier molecular flexibility index (Phi) is 56.5. The third-order valence-corrected chi connectivity index (χ3v) is 13.6. The lowest BCUT2D eigenvalue weighted by Gasteiger charge is -2.25. The van der Waals surface area contributed by atoms with E-state index < -0.39 is 24.3 Å². The molecule has 0 aliphatic rings. The maximum atomic E-state index is 12.9. The Hall–Kier alpha value is -3.79. The molecule has 0 heterocycles. The molecule has 9 heteroatoms. The van der Waals surface area contributed by atoms with Crippen LogP contribution in [-0.4, -0.2) is 87.4 Å². The minimum Gasteiger partial charge on any atom is -0.477 e. The normalized spacial score (nSPS) is 13.4. The number of carboxylic acids is 1. The molecule has 0 radical (unpaired) electrons. The summed E-state index contributed by atoms with van der Waals surface area (Å²) in [6.07, 6.45) is 77.9. The zero-order chi connectivity index (χ0) is 56.9. The van der Waals surface area contributed by atoms with Gasteiger partial charge < -0.3 is 28.5 Å². The lowest BCUT2D eigenvalue weighted by molar-refractivity contribution is -0.870. The summed E-state index contributed by atoms with van der Waals surface area (Å²) in [5.41, 5.74) is 0. The van der Waals surface area contributed by atoms with Gasteiger partial charge in [0.25, 0.3) is 6.29 Å². The molecule has 0 saturated carbocycles. The number of rotatable bonds is 58. The number of carbonyl (C=O) groups excluding carboxylic acids is 2. The molecule has 0 fully saturated rings. The molecule has 0 bridgehead atoms. The lowest BCUT2D eigenvalue weighted by Crippen LogP contribution is -2.40. The highest BCUT2D eigenvalue weighted by Gasteiger charge is 2.25. The van der Waals surface area contributed by atoms with Crippen LogP contribution in [0.5, 0.6) is 0 Å². The fourth-order valence-corrected chi connectivity index (χ4v) is 8.74. The first kappa shape index (κ1) is 74.2. The molecular formula is C69H120NO8+. The number of carboxylic acid groups (broad SMARTS) is 1. The van der Waals surface area contributed by atoms with Crippen LogP contribution in [0.15, 0.2) is 97.2 Å². The van der Waals surface area contributed by atoms with E-state index in [0.717, 1.165) is 89.9 Å². The molecule has 0 spiro atoms. The zero-order valence-corrected chi connectivity index (χ0v) is 51.1. The van der Waals surface area contributed by atoms with Gasteiger partial charge in [0, 0.05) is 12.8 Å². The maximum Gasteiger partial charge on any atom is 0.361 e. The molecule has 0 rings (SSSR count). The molecule has 1 N–H and O–H groups in total. The molecule has 2 atom stereocenters. The van der Waals surface area contributed by atoms with E-state index in [-0.39, 0.29) is 32.2 Å². The molecular weight excluding hydrogens is 971 g/mol. The van der Waals surface area contributed by atoms with E-state index in [4.69, 9.17) is 18.9 Å². The SMILES string of the molecule is CC/C=C\C/C=C\C/C=C\C/C=C\C/C=C\C/C=C\C/C=C\C/C=C\CCCCCCCCCCCCCCCCC(=O)OC(COC(=O)CCCCCCCCCCCCCCCC)COC(OCC[N+](C)(C)C)C(=O)O. The number of ether oxygens (including phenoxy) is 4. The predicted octanol–water partition coefficient (Wildman–Crippen LogP) is 19.3. The number of hydrogen-bond acceptors (Lipinski definition) is 7. The first-order chi connectivity index (χ1) is 38.1. The molecule has 0 aromatic heterocycles. The molecule has 2 unspecified atom stereocenters. The van der Waals surface area contributed by atoms with Crippen LogP contribution in [0, 0.1) is 0 Å². The van der Waals surface area contributed by atoms with Crippen molar-refractivity contribution in [3.05, 3.63) is 97.2 Å². The smallest absolute Gasteiger partial charge is 0.361 e. The molecule has 448 valence electrons. The quantitative estimate of drug-likeness (QED) is 0.0211. The summed E-state index contributed by atoms with van der Waals surface area (Å²) in [4.78, 5) is 37.4. The van der Waals surface area contributed by atoms with Crippen LogP contribution >= 0.6 is 0 Å². The van der Waals surface area contributed by atoms with Gasteiger partial charge in [-0.1, -0.05) is 272 Å². The van der Waals surface area contributed by atoms with Gasteiger partial charge in [-0.25, -0.2) is 4.79 Å². The molecule has 0 aliphatic heterocycles. The van der Waals surface area contributed by atoms with Crippen molar-refractivity contribution < 1.29 is 42.9 Å². The summed E-state index contributed by atoms with van der Waals surface area (Å²) in [6.45, 7) is 4.78. The lowest BCUT2D eigenvalue weighted by atomic mass is 10.0. The Morgan fingerprint density at radius 1 is 0.397 bits per heavy atom. The summed E-state index contributed by atoms with van der Waals surface area (Å²) >= 11 is 0. The third kappa shape index (κ3) is 59.9. The average molecular weight is 1090 g/mol. The van der Waals surface area contributed by atoms with E-state index in [1.54, 1.807) is 0 Å². The number of nitrogens with zero attached hydrogens (tertiary/aromatic N) is 1. The maximum absolute atomic E-state index is 12.9. The summed E-state index contributed by atoms with van der Waals surface area (Å²) in [5.74, 6) is -2.00. The minimum absolute atomic E-state index is 0.182. The van der Waals surface area contributed by atoms with E-state index in [9.17, 15) is 19.5 Å². The number of hydrogen-bond donors (Lipinski definition) is 1. The largest absolute Gasteiger partial charge is 0.477 e. The van der Waals surface area contributed by atoms with Crippen LogP contribution in [-0.2, 0) is 33.3 Å². The Morgan fingerprint density at radius 2 is 0.731 bits per heavy atom. The van der Waals surface area contributed by atoms with Gasteiger partial charge in [-0.15, -0.1) is 0 Å². The summed E-state index contributed by atoms with van der Waals surface area (Å²) in [7, 11) is 5.97. The Labute approximate surface area is 480 Å².